The predicted octanol–water partition coefficient (Wildman–Crippen LogP) is 7.24. The summed E-state index contributed by atoms with van der Waals surface area (Å²) >= 11 is 0. The van der Waals surface area contributed by atoms with Crippen LogP contribution in [0, 0.1) is 12.8 Å². The van der Waals surface area contributed by atoms with E-state index in [-0.39, 0.29) is 11.8 Å². The van der Waals surface area contributed by atoms with Crippen molar-refractivity contribution < 1.29 is 19.4 Å². The minimum absolute atomic E-state index is 0.00507. The summed E-state index contributed by atoms with van der Waals surface area (Å²) in [5, 5.41) is 18.9. The molecular weight excluding hydrogens is 562 g/mol. The largest absolute Gasteiger partial charge is 0.453 e. The lowest BCUT2D eigenvalue weighted by Gasteiger charge is -2.44. The first-order valence-electron chi connectivity index (χ1n) is 16.6. The van der Waals surface area contributed by atoms with Crippen molar-refractivity contribution in [2.45, 2.75) is 78.9 Å². The number of aryl methyl sites for hydroxylation is 2. The van der Waals surface area contributed by atoms with E-state index in [1.165, 1.54) is 12.7 Å². The second-order valence-corrected chi connectivity index (χ2v) is 11.6. The van der Waals surface area contributed by atoms with Gasteiger partial charge in [-0.25, -0.2) is 4.79 Å². The summed E-state index contributed by atoms with van der Waals surface area (Å²) in [5.74, 6) is -0.180. The molecule has 3 aromatic carbocycles. The fraction of sp³-hybridized carbons (Fsp3) is 0.474. The fourth-order valence-electron chi connectivity index (χ4n) is 6.31. The van der Waals surface area contributed by atoms with E-state index >= 15 is 0 Å². The smallest absolute Gasteiger partial charge is 0.406 e. The Kier molecular flexibility index (Phi) is 14.1. The highest BCUT2D eigenvalue weighted by molar-refractivity contribution is 5.94. The molecule has 3 N–H and O–H groups in total. The maximum absolute atomic E-state index is 13.7. The van der Waals surface area contributed by atoms with Crippen molar-refractivity contribution in [3.63, 3.8) is 0 Å². The molecule has 2 amide bonds. The van der Waals surface area contributed by atoms with E-state index in [4.69, 9.17) is 4.74 Å². The van der Waals surface area contributed by atoms with Gasteiger partial charge in [0.25, 0.3) is 5.91 Å². The third-order valence-electron chi connectivity index (χ3n) is 8.72. The van der Waals surface area contributed by atoms with Crippen molar-refractivity contribution >= 4 is 12.0 Å². The summed E-state index contributed by atoms with van der Waals surface area (Å²) in [6.45, 7) is 13.5. The lowest BCUT2D eigenvalue weighted by atomic mass is 9.71. The number of rotatable bonds is 12. The number of ether oxygens (including phenoxy) is 1. The molecule has 3 aromatic rings. The van der Waals surface area contributed by atoms with Gasteiger partial charge in [0.1, 0.15) is 0 Å². The molecule has 0 radical (unpaired) electrons. The molecule has 0 aliphatic carbocycles. The van der Waals surface area contributed by atoms with Crippen LogP contribution in [0.5, 0.6) is 0 Å². The summed E-state index contributed by atoms with van der Waals surface area (Å²) in [4.78, 5) is 27.3. The highest BCUT2D eigenvalue weighted by Crippen LogP contribution is 2.44. The normalized spacial score (nSPS) is 15.8. The Morgan fingerprint density at radius 3 is 2.44 bits per heavy atom. The van der Waals surface area contributed by atoms with E-state index in [2.05, 4.69) is 61.7 Å². The van der Waals surface area contributed by atoms with Crippen LogP contribution in [0.3, 0.4) is 0 Å². The van der Waals surface area contributed by atoms with Crippen LogP contribution in [0.15, 0.2) is 66.7 Å². The molecular formula is C38H53N3O4. The van der Waals surface area contributed by atoms with Crippen LogP contribution in [-0.4, -0.2) is 55.3 Å². The molecule has 1 saturated heterocycles. The van der Waals surface area contributed by atoms with Gasteiger partial charge >= 0.3 is 6.09 Å². The maximum Gasteiger partial charge on any atom is 0.406 e. The number of alkyl carbamates (subject to hydrolysis) is 1. The van der Waals surface area contributed by atoms with Crippen LogP contribution in [0.4, 0.5) is 4.79 Å². The lowest BCUT2D eigenvalue weighted by Crippen LogP contribution is -2.48. The van der Waals surface area contributed by atoms with Gasteiger partial charge < -0.3 is 25.4 Å². The third-order valence-corrected chi connectivity index (χ3v) is 8.72. The molecule has 2 atom stereocenters. The standard InChI is InChI=1S/C36H47N3O4.C2H6/c1-5-27-12-8-13-30(23-27)33-26(3)11-7-15-32(33)36(42,20-10-21-38-35(41)43-4)31-14-9-22-39(25-31)34(40)29-18-16-28(17-19-29)24-37-6-2;1-2/h7-8,11-13,15-19,23,31,37,42H,5-6,9-10,14,20-22,24-25H2,1-4H3,(H,38,41);1-2H3. The van der Waals surface area contributed by atoms with Crippen molar-refractivity contribution in [1.82, 2.24) is 15.5 Å². The minimum atomic E-state index is -1.21. The zero-order valence-electron chi connectivity index (χ0n) is 28.1. The Labute approximate surface area is 270 Å². The Morgan fingerprint density at radius 1 is 1.02 bits per heavy atom. The highest BCUT2D eigenvalue weighted by atomic mass is 16.5. The second-order valence-electron chi connectivity index (χ2n) is 11.6. The van der Waals surface area contributed by atoms with E-state index in [0.29, 0.717) is 38.0 Å². The summed E-state index contributed by atoms with van der Waals surface area (Å²) in [6.07, 6.45) is 3.05. The minimum Gasteiger partial charge on any atom is -0.453 e. The molecule has 4 rings (SSSR count). The summed E-state index contributed by atoms with van der Waals surface area (Å²) in [7, 11) is 1.35. The Hall–Kier alpha value is -3.68. The van der Waals surface area contributed by atoms with Gasteiger partial charge in [-0.3, -0.25) is 4.79 Å². The van der Waals surface area contributed by atoms with Crippen LogP contribution >= 0.6 is 0 Å². The van der Waals surface area contributed by atoms with E-state index in [0.717, 1.165) is 60.2 Å². The van der Waals surface area contributed by atoms with Crippen LogP contribution in [0.1, 0.15) is 86.0 Å². The molecule has 0 saturated carbocycles. The molecule has 45 heavy (non-hydrogen) atoms. The number of carbonyl (C=O) groups excluding carboxylic acids is 2. The number of carbonyl (C=O) groups is 2. The monoisotopic (exact) mass is 615 g/mol. The molecule has 1 heterocycles. The van der Waals surface area contributed by atoms with Gasteiger partial charge in [-0.05, 0) is 91.1 Å². The predicted molar refractivity (Wildman–Crippen MR) is 183 cm³/mol. The van der Waals surface area contributed by atoms with Crippen LogP contribution in [0.2, 0.25) is 0 Å². The number of nitrogens with one attached hydrogen (secondary N) is 2. The number of nitrogens with zero attached hydrogens (tertiary/aromatic N) is 1. The molecule has 0 spiro atoms. The van der Waals surface area contributed by atoms with E-state index in [1.54, 1.807) is 0 Å². The van der Waals surface area contributed by atoms with Crippen molar-refractivity contribution in [1.29, 1.82) is 0 Å². The highest BCUT2D eigenvalue weighted by Gasteiger charge is 2.43. The van der Waals surface area contributed by atoms with Gasteiger partial charge in [0.05, 0.1) is 12.7 Å². The van der Waals surface area contributed by atoms with Crippen molar-refractivity contribution in [2.24, 2.45) is 5.92 Å². The Balaban J connectivity index is 0.00000271. The zero-order valence-corrected chi connectivity index (χ0v) is 28.1. The molecule has 1 aliphatic heterocycles. The number of amides is 2. The first-order chi connectivity index (χ1) is 21.8. The molecule has 0 bridgehead atoms. The quantitative estimate of drug-likeness (QED) is 0.187. The third kappa shape index (κ3) is 9.18. The van der Waals surface area contributed by atoms with Crippen molar-refractivity contribution in [2.75, 3.05) is 33.3 Å². The maximum atomic E-state index is 13.7. The van der Waals surface area contributed by atoms with E-state index < -0.39 is 11.7 Å². The second kappa shape index (κ2) is 17.7. The molecule has 2 unspecified atom stereocenters. The number of piperidine rings is 1. The van der Waals surface area contributed by atoms with Gasteiger partial charge in [0.15, 0.2) is 0 Å². The van der Waals surface area contributed by atoms with Crippen LogP contribution < -0.4 is 10.6 Å². The number of methoxy groups -OCH3 is 1. The first kappa shape index (κ1) is 35.8. The summed E-state index contributed by atoms with van der Waals surface area (Å²) in [6, 6.07) is 22.5. The number of benzene rings is 3. The van der Waals surface area contributed by atoms with E-state index in [1.807, 2.05) is 55.1 Å². The van der Waals surface area contributed by atoms with Gasteiger partial charge in [0.2, 0.25) is 0 Å². The fourth-order valence-corrected chi connectivity index (χ4v) is 6.31. The number of hydrogen-bond donors (Lipinski definition) is 3. The van der Waals surface area contributed by atoms with E-state index in [9.17, 15) is 14.7 Å². The molecule has 7 nitrogen and oxygen atoms in total. The van der Waals surface area contributed by atoms with Crippen molar-refractivity contribution in [3.05, 3.63) is 94.5 Å². The van der Waals surface area contributed by atoms with Gasteiger partial charge in [0, 0.05) is 37.7 Å². The lowest BCUT2D eigenvalue weighted by molar-refractivity contribution is -0.0563. The topological polar surface area (TPSA) is 90.9 Å². The van der Waals surface area contributed by atoms with Crippen LogP contribution in [-0.2, 0) is 23.3 Å². The molecule has 1 aliphatic rings. The number of hydrogen-bond acceptors (Lipinski definition) is 5. The van der Waals surface area contributed by atoms with Crippen molar-refractivity contribution in [3.8, 4) is 11.1 Å². The van der Waals surface area contributed by atoms with Crippen LogP contribution in [0.25, 0.3) is 11.1 Å². The zero-order chi connectivity index (χ0) is 32.8. The van der Waals surface area contributed by atoms with Gasteiger partial charge in [-0.1, -0.05) is 82.3 Å². The number of aliphatic hydroxyl groups is 1. The average Bonchev–Trinajstić information content (AvgIpc) is 3.09. The molecule has 244 valence electrons. The van der Waals surface area contributed by atoms with Gasteiger partial charge in [-0.15, -0.1) is 0 Å². The first-order valence-corrected chi connectivity index (χ1v) is 16.6. The Bertz CT molecular complexity index is 1370. The SMILES string of the molecule is CC.CCNCc1ccc(C(=O)N2CCCC(C(O)(CCCNC(=O)OC)c3cccc(C)c3-c3cccc(CC)c3)C2)cc1. The molecule has 1 fully saturated rings. The summed E-state index contributed by atoms with van der Waals surface area (Å²) < 4.78 is 4.75. The molecule has 7 heteroatoms. The number of likely N-dealkylation sites (tertiary alicyclic amines) is 1. The molecule has 0 aromatic heterocycles. The Morgan fingerprint density at radius 2 is 1.76 bits per heavy atom. The average molecular weight is 616 g/mol. The summed E-state index contributed by atoms with van der Waals surface area (Å²) in [5.41, 5.74) is 5.94. The van der Waals surface area contributed by atoms with Gasteiger partial charge in [-0.2, -0.15) is 0 Å².